The van der Waals surface area contributed by atoms with Crippen molar-refractivity contribution < 1.29 is 76.4 Å². The molecule has 0 atom stereocenters. The van der Waals surface area contributed by atoms with Crippen molar-refractivity contribution in [1.29, 1.82) is 0 Å². The van der Waals surface area contributed by atoms with E-state index in [0.29, 0.717) is 0 Å². The van der Waals surface area contributed by atoms with Crippen LogP contribution in [-0.2, 0) is 9.59 Å². The van der Waals surface area contributed by atoms with E-state index >= 15 is 0 Å². The molecule has 2 N–H and O–H groups in total. The Balaban J connectivity index is -0.000000107. The number of rotatable bonds is 0. The van der Waals surface area contributed by atoms with Gasteiger partial charge < -0.3 is 20.2 Å². The summed E-state index contributed by atoms with van der Waals surface area (Å²) in [5.74, 6) is -4.01. The van der Waals surface area contributed by atoms with Crippen molar-refractivity contribution in [2.75, 3.05) is 0 Å². The van der Waals surface area contributed by atoms with Crippen molar-refractivity contribution in [2.24, 2.45) is 5.34 Å². The van der Waals surface area contributed by atoms with E-state index in [0.717, 1.165) is 0 Å². The van der Waals surface area contributed by atoms with Crippen LogP contribution in [-0.4, -0.2) is 22.3 Å². The van der Waals surface area contributed by atoms with Gasteiger partial charge >= 0.3 is 57.4 Å². The van der Waals surface area contributed by atoms with Gasteiger partial charge in [-0.3, -0.25) is 0 Å². The van der Waals surface area contributed by atoms with E-state index in [-0.39, 0.29) is 51.4 Å². The summed E-state index contributed by atoms with van der Waals surface area (Å²) in [6.45, 7) is 0. The molecule has 0 aromatic rings. The quantitative estimate of drug-likeness (QED) is 0.164. The second-order valence-electron chi connectivity index (χ2n) is 0.674. The maximum Gasteiger partial charge on any atom is 1.00 e. The molecule has 0 aliphatic rings. The van der Waals surface area contributed by atoms with Crippen LogP contribution < -0.4 is 56.5 Å². The van der Waals surface area contributed by atoms with Crippen molar-refractivity contribution >= 4 is 11.9 Å². The SMILES string of the molecule is O=C([O-])C(=O)O.O=NO.[K+]. The van der Waals surface area contributed by atoms with Crippen LogP contribution >= 0.6 is 0 Å². The number of carbonyl (C=O) groups excluding carboxylic acids is 1. The van der Waals surface area contributed by atoms with E-state index in [4.69, 9.17) is 29.9 Å². The average molecular weight is 175 g/mol. The van der Waals surface area contributed by atoms with Crippen molar-refractivity contribution in [3.63, 3.8) is 0 Å². The Morgan fingerprint density at radius 3 is 1.50 bits per heavy atom. The van der Waals surface area contributed by atoms with Crippen molar-refractivity contribution in [2.45, 2.75) is 0 Å². The van der Waals surface area contributed by atoms with E-state index in [1.807, 2.05) is 0 Å². The molecule has 0 aromatic carbocycles. The molecule has 0 aliphatic carbocycles. The molecule has 0 saturated carbocycles. The Kier molecular flexibility index (Phi) is 19.4. The third-order valence-electron chi connectivity index (χ3n) is 0.175. The molecule has 0 aromatic heterocycles. The molecule has 0 bridgehead atoms. The summed E-state index contributed by atoms with van der Waals surface area (Å²) in [5, 5.41) is 24.2. The Morgan fingerprint density at radius 1 is 1.40 bits per heavy atom. The van der Waals surface area contributed by atoms with Gasteiger partial charge in [0.15, 0.2) is 11.3 Å². The molecule has 0 saturated heterocycles. The van der Waals surface area contributed by atoms with Gasteiger partial charge in [-0.2, -0.15) is 0 Å². The van der Waals surface area contributed by atoms with Crippen LogP contribution in [0.1, 0.15) is 0 Å². The number of carbonyl (C=O) groups is 2. The predicted molar refractivity (Wildman–Crippen MR) is 20.2 cm³/mol. The summed E-state index contributed by atoms with van der Waals surface area (Å²) >= 11 is 0. The van der Waals surface area contributed by atoms with Gasteiger partial charge in [-0.15, -0.1) is 4.91 Å². The van der Waals surface area contributed by atoms with Gasteiger partial charge in [-0.25, -0.2) is 4.79 Å². The summed E-state index contributed by atoms with van der Waals surface area (Å²) in [5.41, 5.74) is 0. The van der Waals surface area contributed by atoms with Gasteiger partial charge in [-0.1, -0.05) is 0 Å². The topological polar surface area (TPSA) is 127 Å². The van der Waals surface area contributed by atoms with Crippen LogP contribution in [0.15, 0.2) is 5.34 Å². The molecule has 0 unspecified atom stereocenters. The average Bonchev–Trinajstić information content (AvgIpc) is 1.68. The molecule has 0 heterocycles. The molecule has 0 fully saturated rings. The van der Waals surface area contributed by atoms with Crippen LogP contribution in [0.3, 0.4) is 0 Å². The monoisotopic (exact) mass is 175 g/mol. The number of nitrogens with zero attached hydrogens (tertiary/aromatic N) is 1. The van der Waals surface area contributed by atoms with E-state index in [9.17, 15) is 0 Å². The first kappa shape index (κ1) is 16.5. The summed E-state index contributed by atoms with van der Waals surface area (Å²) in [4.78, 5) is 26.1. The van der Waals surface area contributed by atoms with Crippen LogP contribution in [0, 0.1) is 4.91 Å². The maximum absolute atomic E-state index is 9.04. The van der Waals surface area contributed by atoms with Gasteiger partial charge in [0.2, 0.25) is 0 Å². The first-order chi connectivity index (χ1) is 4.06. The Morgan fingerprint density at radius 2 is 1.50 bits per heavy atom. The van der Waals surface area contributed by atoms with Crippen LogP contribution in [0.2, 0.25) is 0 Å². The fraction of sp³-hybridized carbons (Fsp3) is 0. The predicted octanol–water partition coefficient (Wildman–Crippen LogP) is -5.03. The summed E-state index contributed by atoms with van der Waals surface area (Å²) in [6.07, 6.45) is 0. The molecule has 7 nitrogen and oxygen atoms in total. The molecule has 0 aliphatic heterocycles. The van der Waals surface area contributed by atoms with Gasteiger partial charge in [0.25, 0.3) is 0 Å². The number of hydrogen-bond acceptors (Lipinski definition) is 5. The number of hydrogen-bond donors (Lipinski definition) is 2. The van der Waals surface area contributed by atoms with Crippen molar-refractivity contribution in [3.05, 3.63) is 4.91 Å². The zero-order chi connectivity index (χ0) is 7.86. The van der Waals surface area contributed by atoms with Crippen LogP contribution in [0.25, 0.3) is 0 Å². The van der Waals surface area contributed by atoms with Crippen molar-refractivity contribution in [1.82, 2.24) is 0 Å². The third-order valence-corrected chi connectivity index (χ3v) is 0.175. The molecular formula is C2H2KNO6. The van der Waals surface area contributed by atoms with Crippen molar-refractivity contribution in [3.8, 4) is 0 Å². The van der Waals surface area contributed by atoms with Gasteiger partial charge in [0.05, 0.1) is 0 Å². The molecule has 52 valence electrons. The number of carboxylic acid groups (broad SMARTS) is 2. The minimum absolute atomic E-state index is 0. The zero-order valence-electron chi connectivity index (χ0n) is 4.97. The van der Waals surface area contributed by atoms with E-state index in [2.05, 4.69) is 0 Å². The molecule has 8 heteroatoms. The number of aliphatic carboxylic acids is 2. The normalized spacial score (nSPS) is 5.60. The first-order valence-corrected chi connectivity index (χ1v) is 1.47. The fourth-order valence-electron chi connectivity index (χ4n) is 0. The second-order valence-corrected chi connectivity index (χ2v) is 0.674. The number of carboxylic acids is 2. The molecule has 10 heavy (non-hydrogen) atoms. The first-order valence-electron chi connectivity index (χ1n) is 1.47. The van der Waals surface area contributed by atoms with Crippen LogP contribution in [0.5, 0.6) is 0 Å². The molecule has 0 spiro atoms. The fourth-order valence-corrected chi connectivity index (χ4v) is 0. The Labute approximate surface area is 97.4 Å². The van der Waals surface area contributed by atoms with Gasteiger partial charge in [0, 0.05) is 0 Å². The summed E-state index contributed by atoms with van der Waals surface area (Å²) in [7, 11) is 0. The van der Waals surface area contributed by atoms with Gasteiger partial charge in [-0.05, 0) is 0 Å². The van der Waals surface area contributed by atoms with E-state index < -0.39 is 11.9 Å². The standard InChI is InChI=1S/C2H2O4.K.HNO2/c3-1(4)2(5)6;;2-1-3/h(H,3,4)(H,5,6);;(H,2,3)/q;+1;/p-1. The molecule has 0 amide bonds. The zero-order valence-corrected chi connectivity index (χ0v) is 8.10. The smallest absolute Gasteiger partial charge is 0.539 e. The second kappa shape index (κ2) is 11.7. The molecule has 0 radical (unpaired) electrons. The largest absolute Gasteiger partial charge is 1.00 e. The van der Waals surface area contributed by atoms with E-state index in [1.54, 1.807) is 0 Å². The Hall–Kier alpha value is -0.0236. The van der Waals surface area contributed by atoms with E-state index in [1.165, 1.54) is 5.34 Å². The molecular weight excluding hydrogens is 173 g/mol. The molecule has 0 rings (SSSR count). The third kappa shape index (κ3) is 24.6. The summed E-state index contributed by atoms with van der Waals surface area (Å²) < 4.78 is 0. The van der Waals surface area contributed by atoms with Crippen LogP contribution in [0.4, 0.5) is 0 Å². The summed E-state index contributed by atoms with van der Waals surface area (Å²) in [6, 6.07) is 0. The Bertz CT molecular complexity index is 111. The maximum atomic E-state index is 9.04. The minimum atomic E-state index is -2.07. The minimum Gasteiger partial charge on any atom is -0.539 e. The van der Waals surface area contributed by atoms with Gasteiger partial charge in [0.1, 0.15) is 0 Å².